The summed E-state index contributed by atoms with van der Waals surface area (Å²) in [7, 11) is 0. The standard InChI is InChI=1S/C6H13NO/c1-3-6(2)7-4-5-8/h3,7-8H,4-5H2,1-2H3/b6-3+. The molecule has 0 bridgehead atoms. The summed E-state index contributed by atoms with van der Waals surface area (Å²) < 4.78 is 0. The Hall–Kier alpha value is -0.500. The topological polar surface area (TPSA) is 32.3 Å². The lowest BCUT2D eigenvalue weighted by atomic mass is 10.4. The maximum absolute atomic E-state index is 8.32. The van der Waals surface area contributed by atoms with Crippen LogP contribution in [0, 0.1) is 0 Å². The molecule has 0 aromatic carbocycles. The van der Waals surface area contributed by atoms with Crippen molar-refractivity contribution >= 4 is 0 Å². The van der Waals surface area contributed by atoms with Crippen molar-refractivity contribution in [1.82, 2.24) is 5.32 Å². The SMILES string of the molecule is C/C=C(\C)NCCO. The number of rotatable bonds is 3. The van der Waals surface area contributed by atoms with Crippen molar-refractivity contribution < 1.29 is 5.11 Å². The van der Waals surface area contributed by atoms with Crippen LogP contribution in [-0.2, 0) is 0 Å². The predicted molar refractivity (Wildman–Crippen MR) is 34.5 cm³/mol. The van der Waals surface area contributed by atoms with Crippen LogP contribution >= 0.6 is 0 Å². The van der Waals surface area contributed by atoms with E-state index >= 15 is 0 Å². The summed E-state index contributed by atoms with van der Waals surface area (Å²) >= 11 is 0. The molecule has 0 amide bonds. The summed E-state index contributed by atoms with van der Waals surface area (Å²) in [5, 5.41) is 11.3. The van der Waals surface area contributed by atoms with E-state index in [0.717, 1.165) is 5.70 Å². The van der Waals surface area contributed by atoms with E-state index in [1.54, 1.807) is 0 Å². The Morgan fingerprint density at radius 1 is 1.75 bits per heavy atom. The minimum absolute atomic E-state index is 0.200. The van der Waals surface area contributed by atoms with Gasteiger partial charge in [-0.2, -0.15) is 0 Å². The zero-order valence-corrected chi connectivity index (χ0v) is 5.44. The van der Waals surface area contributed by atoms with E-state index < -0.39 is 0 Å². The number of hydrogen-bond donors (Lipinski definition) is 2. The van der Waals surface area contributed by atoms with Gasteiger partial charge < -0.3 is 10.4 Å². The molecule has 0 aromatic rings. The largest absolute Gasteiger partial charge is 0.395 e. The third kappa shape index (κ3) is 3.68. The summed E-state index contributed by atoms with van der Waals surface area (Å²) in [6.45, 7) is 4.77. The molecule has 0 aliphatic heterocycles. The van der Waals surface area contributed by atoms with Crippen LogP contribution in [0.1, 0.15) is 13.8 Å². The highest BCUT2D eigenvalue weighted by Crippen LogP contribution is 1.81. The number of aliphatic hydroxyl groups excluding tert-OH is 1. The zero-order valence-electron chi connectivity index (χ0n) is 5.44. The number of allylic oxidation sites excluding steroid dienone is 2. The molecular formula is C6H13NO. The smallest absolute Gasteiger partial charge is 0.0603 e. The van der Waals surface area contributed by atoms with Gasteiger partial charge in [0.1, 0.15) is 0 Å². The van der Waals surface area contributed by atoms with E-state index in [2.05, 4.69) is 5.32 Å². The first-order valence-electron chi connectivity index (χ1n) is 2.79. The number of nitrogens with one attached hydrogen (secondary N) is 1. The maximum Gasteiger partial charge on any atom is 0.0603 e. The van der Waals surface area contributed by atoms with Crippen molar-refractivity contribution in [2.75, 3.05) is 13.2 Å². The Kier molecular flexibility index (Phi) is 4.36. The van der Waals surface area contributed by atoms with E-state index in [-0.39, 0.29) is 6.61 Å². The van der Waals surface area contributed by atoms with Gasteiger partial charge in [-0.3, -0.25) is 0 Å². The molecule has 0 saturated heterocycles. The molecule has 0 aliphatic carbocycles. The van der Waals surface area contributed by atoms with Crippen LogP contribution in [-0.4, -0.2) is 18.3 Å². The van der Waals surface area contributed by atoms with Crippen LogP contribution in [0.25, 0.3) is 0 Å². The Morgan fingerprint density at radius 2 is 2.38 bits per heavy atom. The van der Waals surface area contributed by atoms with E-state index in [4.69, 9.17) is 5.11 Å². The summed E-state index contributed by atoms with van der Waals surface area (Å²) in [5.41, 5.74) is 1.11. The van der Waals surface area contributed by atoms with Crippen LogP contribution < -0.4 is 5.32 Å². The van der Waals surface area contributed by atoms with Gasteiger partial charge in [-0.15, -0.1) is 0 Å². The summed E-state index contributed by atoms with van der Waals surface area (Å²) in [6.07, 6.45) is 1.97. The summed E-state index contributed by atoms with van der Waals surface area (Å²) in [4.78, 5) is 0. The quantitative estimate of drug-likeness (QED) is 0.561. The van der Waals surface area contributed by atoms with Gasteiger partial charge >= 0.3 is 0 Å². The third-order valence-electron chi connectivity index (χ3n) is 0.949. The Labute approximate surface area is 50.2 Å². The van der Waals surface area contributed by atoms with Gasteiger partial charge in [-0.25, -0.2) is 0 Å². The second-order valence-corrected chi connectivity index (χ2v) is 1.62. The Bertz CT molecular complexity index is 78.6. The van der Waals surface area contributed by atoms with Crippen LogP contribution in [0.4, 0.5) is 0 Å². The van der Waals surface area contributed by atoms with Gasteiger partial charge in [0.25, 0.3) is 0 Å². The van der Waals surface area contributed by atoms with Gasteiger partial charge in [0.2, 0.25) is 0 Å². The molecule has 2 N–H and O–H groups in total. The lowest BCUT2D eigenvalue weighted by Gasteiger charge is -2.00. The predicted octanol–water partition coefficient (Wildman–Crippen LogP) is 0.492. The normalized spacial score (nSPS) is 11.6. The molecule has 48 valence electrons. The minimum Gasteiger partial charge on any atom is -0.395 e. The van der Waals surface area contributed by atoms with Gasteiger partial charge in [-0.05, 0) is 13.8 Å². The van der Waals surface area contributed by atoms with Crippen molar-refractivity contribution in [3.8, 4) is 0 Å². The fourth-order valence-electron chi connectivity index (χ4n) is 0.355. The van der Waals surface area contributed by atoms with E-state index in [0.29, 0.717) is 6.54 Å². The summed E-state index contributed by atoms with van der Waals surface area (Å²) in [5.74, 6) is 0. The van der Waals surface area contributed by atoms with E-state index in [1.807, 2.05) is 19.9 Å². The van der Waals surface area contributed by atoms with Crippen molar-refractivity contribution in [1.29, 1.82) is 0 Å². The molecule has 0 fully saturated rings. The van der Waals surface area contributed by atoms with E-state index in [9.17, 15) is 0 Å². The van der Waals surface area contributed by atoms with Crippen LogP contribution in [0.15, 0.2) is 11.8 Å². The third-order valence-corrected chi connectivity index (χ3v) is 0.949. The number of aliphatic hydroxyl groups is 1. The molecule has 0 spiro atoms. The molecular weight excluding hydrogens is 102 g/mol. The second-order valence-electron chi connectivity index (χ2n) is 1.62. The monoisotopic (exact) mass is 115 g/mol. The van der Waals surface area contributed by atoms with Gasteiger partial charge in [0.15, 0.2) is 0 Å². The second kappa shape index (κ2) is 4.65. The van der Waals surface area contributed by atoms with Gasteiger partial charge in [0.05, 0.1) is 6.61 Å². The lowest BCUT2D eigenvalue weighted by molar-refractivity contribution is 0.297. The molecule has 2 nitrogen and oxygen atoms in total. The Balaban J connectivity index is 3.12. The van der Waals surface area contributed by atoms with Crippen molar-refractivity contribution in [2.45, 2.75) is 13.8 Å². The average molecular weight is 115 g/mol. The van der Waals surface area contributed by atoms with Crippen LogP contribution in [0.3, 0.4) is 0 Å². The molecule has 0 aliphatic rings. The first-order chi connectivity index (χ1) is 3.81. The number of hydrogen-bond acceptors (Lipinski definition) is 2. The highest BCUT2D eigenvalue weighted by molar-refractivity contribution is 4.91. The first-order valence-corrected chi connectivity index (χ1v) is 2.79. The first kappa shape index (κ1) is 7.50. The molecule has 0 unspecified atom stereocenters. The van der Waals surface area contributed by atoms with Crippen LogP contribution in [0.2, 0.25) is 0 Å². The van der Waals surface area contributed by atoms with Gasteiger partial charge in [-0.1, -0.05) is 6.08 Å². The van der Waals surface area contributed by atoms with Crippen molar-refractivity contribution in [3.63, 3.8) is 0 Å². The highest BCUT2D eigenvalue weighted by Gasteiger charge is 1.80. The fraction of sp³-hybridized carbons (Fsp3) is 0.667. The molecule has 0 saturated carbocycles. The molecule has 0 rings (SSSR count). The molecule has 2 heteroatoms. The molecule has 0 aromatic heterocycles. The molecule has 0 radical (unpaired) electrons. The van der Waals surface area contributed by atoms with E-state index in [1.165, 1.54) is 0 Å². The minimum atomic E-state index is 0.200. The zero-order chi connectivity index (χ0) is 6.41. The van der Waals surface area contributed by atoms with Crippen molar-refractivity contribution in [3.05, 3.63) is 11.8 Å². The van der Waals surface area contributed by atoms with Crippen LogP contribution in [0.5, 0.6) is 0 Å². The van der Waals surface area contributed by atoms with Crippen molar-refractivity contribution in [2.24, 2.45) is 0 Å². The lowest BCUT2D eigenvalue weighted by Crippen LogP contribution is -2.15. The maximum atomic E-state index is 8.32. The molecule has 8 heavy (non-hydrogen) atoms. The fourth-order valence-corrected chi connectivity index (χ4v) is 0.355. The van der Waals surface area contributed by atoms with Gasteiger partial charge in [0, 0.05) is 12.2 Å². The molecule has 0 heterocycles. The highest BCUT2D eigenvalue weighted by atomic mass is 16.3. The Morgan fingerprint density at radius 3 is 2.75 bits per heavy atom. The average Bonchev–Trinajstić information content (AvgIpc) is 1.83. The summed E-state index contributed by atoms with van der Waals surface area (Å²) in [6, 6.07) is 0. The molecule has 0 atom stereocenters.